The van der Waals surface area contributed by atoms with E-state index in [1.54, 1.807) is 6.92 Å². The lowest BCUT2D eigenvalue weighted by atomic mass is 10.00. The predicted molar refractivity (Wildman–Crippen MR) is 64.1 cm³/mol. The van der Waals surface area contributed by atoms with Gasteiger partial charge in [0, 0.05) is 25.2 Å². The van der Waals surface area contributed by atoms with Gasteiger partial charge in [-0.1, -0.05) is 13.3 Å². The highest BCUT2D eigenvalue weighted by Gasteiger charge is 2.21. The van der Waals surface area contributed by atoms with E-state index in [-0.39, 0.29) is 5.91 Å². The third-order valence-corrected chi connectivity index (χ3v) is 2.97. The Labute approximate surface area is 97.1 Å². The van der Waals surface area contributed by atoms with Crippen LogP contribution >= 0.6 is 0 Å². The maximum atomic E-state index is 11.7. The number of amides is 1. The van der Waals surface area contributed by atoms with E-state index in [9.17, 15) is 9.90 Å². The standard InChI is InChI=1S/C12H22N2O2/c1-4-5-12(3,16)8-14-11(15)9(2)10-6-13-7-10/h13,16H,4-8H2,1-3H3,(H,14,15). The zero-order valence-electron chi connectivity index (χ0n) is 10.4. The van der Waals surface area contributed by atoms with Crippen molar-refractivity contribution < 1.29 is 9.90 Å². The minimum Gasteiger partial charge on any atom is -0.388 e. The molecule has 1 amide bonds. The monoisotopic (exact) mass is 226 g/mol. The second kappa shape index (κ2) is 5.46. The molecule has 1 heterocycles. The summed E-state index contributed by atoms with van der Waals surface area (Å²) < 4.78 is 0. The van der Waals surface area contributed by atoms with Gasteiger partial charge in [-0.3, -0.25) is 4.79 Å². The predicted octanol–water partition coefficient (Wildman–Crippen LogP) is 0.573. The number of carbonyl (C=O) groups excluding carboxylic acids is 1. The van der Waals surface area contributed by atoms with Crippen LogP contribution in [0.1, 0.15) is 33.6 Å². The van der Waals surface area contributed by atoms with Gasteiger partial charge in [-0.05, 0) is 25.8 Å². The Morgan fingerprint density at radius 3 is 2.62 bits per heavy atom. The van der Waals surface area contributed by atoms with Gasteiger partial charge >= 0.3 is 0 Å². The molecule has 0 aromatic heterocycles. The first-order chi connectivity index (χ1) is 7.46. The summed E-state index contributed by atoms with van der Waals surface area (Å²) in [4.78, 5) is 11.7. The molecule has 1 rings (SSSR count). The molecule has 0 aromatic rings. The maximum Gasteiger partial charge on any atom is 0.247 e. The second-order valence-corrected chi connectivity index (χ2v) is 4.76. The van der Waals surface area contributed by atoms with Gasteiger partial charge in [0.05, 0.1) is 5.60 Å². The highest BCUT2D eigenvalue weighted by Crippen LogP contribution is 2.12. The van der Waals surface area contributed by atoms with Crippen molar-refractivity contribution in [2.75, 3.05) is 19.6 Å². The molecule has 1 aliphatic rings. The van der Waals surface area contributed by atoms with E-state index >= 15 is 0 Å². The van der Waals surface area contributed by atoms with Crippen molar-refractivity contribution in [1.29, 1.82) is 0 Å². The van der Waals surface area contributed by atoms with Crippen molar-refractivity contribution in [1.82, 2.24) is 10.6 Å². The van der Waals surface area contributed by atoms with Crippen molar-refractivity contribution in [2.24, 2.45) is 0 Å². The number of carbonyl (C=O) groups is 1. The van der Waals surface area contributed by atoms with E-state index in [0.717, 1.165) is 30.7 Å². The average molecular weight is 226 g/mol. The zero-order valence-corrected chi connectivity index (χ0v) is 10.4. The third-order valence-electron chi connectivity index (χ3n) is 2.97. The number of hydrogen-bond acceptors (Lipinski definition) is 3. The Hall–Kier alpha value is -0.870. The van der Waals surface area contributed by atoms with Crippen LogP contribution in [0.25, 0.3) is 0 Å². The van der Waals surface area contributed by atoms with Gasteiger partial charge in [-0.2, -0.15) is 0 Å². The van der Waals surface area contributed by atoms with Gasteiger partial charge in [0.25, 0.3) is 0 Å². The fourth-order valence-electron chi connectivity index (χ4n) is 1.71. The molecule has 1 fully saturated rings. The summed E-state index contributed by atoms with van der Waals surface area (Å²) in [5.41, 5.74) is 1.14. The highest BCUT2D eigenvalue weighted by molar-refractivity contribution is 5.94. The Morgan fingerprint density at radius 2 is 2.19 bits per heavy atom. The summed E-state index contributed by atoms with van der Waals surface area (Å²) in [6.45, 7) is 7.54. The van der Waals surface area contributed by atoms with Gasteiger partial charge in [0.2, 0.25) is 5.91 Å². The third kappa shape index (κ3) is 3.61. The average Bonchev–Trinajstić information content (AvgIpc) is 2.11. The molecule has 0 aromatic carbocycles. The molecule has 3 N–H and O–H groups in total. The highest BCUT2D eigenvalue weighted by atomic mass is 16.3. The second-order valence-electron chi connectivity index (χ2n) is 4.76. The summed E-state index contributed by atoms with van der Waals surface area (Å²) in [7, 11) is 0. The van der Waals surface area contributed by atoms with Crippen LogP contribution in [0.15, 0.2) is 11.1 Å². The quantitative estimate of drug-likeness (QED) is 0.601. The van der Waals surface area contributed by atoms with E-state index < -0.39 is 5.60 Å². The number of rotatable bonds is 5. The molecule has 1 aliphatic heterocycles. The smallest absolute Gasteiger partial charge is 0.247 e. The van der Waals surface area contributed by atoms with E-state index in [0.29, 0.717) is 13.0 Å². The van der Waals surface area contributed by atoms with Crippen LogP contribution in [0.4, 0.5) is 0 Å². The Kier molecular flexibility index (Phi) is 4.50. The van der Waals surface area contributed by atoms with E-state index in [4.69, 9.17) is 0 Å². The molecule has 0 bridgehead atoms. The van der Waals surface area contributed by atoms with Crippen molar-refractivity contribution in [3.63, 3.8) is 0 Å². The van der Waals surface area contributed by atoms with Crippen molar-refractivity contribution in [3.05, 3.63) is 11.1 Å². The molecule has 0 radical (unpaired) electrons. The lowest BCUT2D eigenvalue weighted by Gasteiger charge is -2.25. The molecule has 4 nitrogen and oxygen atoms in total. The SMILES string of the molecule is CCCC(C)(O)CNC(=O)C(C)=C1CNC1. The summed E-state index contributed by atoms with van der Waals surface area (Å²) >= 11 is 0. The molecule has 1 unspecified atom stereocenters. The molecule has 4 heteroatoms. The van der Waals surface area contributed by atoms with Gasteiger partial charge in [0.15, 0.2) is 0 Å². The fourth-order valence-corrected chi connectivity index (χ4v) is 1.71. The van der Waals surface area contributed by atoms with E-state index in [1.165, 1.54) is 0 Å². The molecule has 0 aliphatic carbocycles. The first-order valence-corrected chi connectivity index (χ1v) is 5.86. The van der Waals surface area contributed by atoms with Crippen LogP contribution < -0.4 is 10.6 Å². The van der Waals surface area contributed by atoms with Crippen molar-refractivity contribution in [2.45, 2.75) is 39.2 Å². The van der Waals surface area contributed by atoms with Gasteiger partial charge in [0.1, 0.15) is 0 Å². The topological polar surface area (TPSA) is 61.4 Å². The van der Waals surface area contributed by atoms with Gasteiger partial charge < -0.3 is 15.7 Å². The van der Waals surface area contributed by atoms with Crippen LogP contribution in [0.3, 0.4) is 0 Å². The molecule has 0 spiro atoms. The first kappa shape index (κ1) is 13.2. The van der Waals surface area contributed by atoms with Crippen LogP contribution in [-0.2, 0) is 4.79 Å². The first-order valence-electron chi connectivity index (χ1n) is 5.86. The number of nitrogens with one attached hydrogen (secondary N) is 2. The summed E-state index contributed by atoms with van der Waals surface area (Å²) in [5, 5.41) is 15.8. The van der Waals surface area contributed by atoms with E-state index in [2.05, 4.69) is 10.6 Å². The summed E-state index contributed by atoms with van der Waals surface area (Å²) in [6.07, 6.45) is 1.61. The van der Waals surface area contributed by atoms with Crippen LogP contribution in [0, 0.1) is 0 Å². The summed E-state index contributed by atoms with van der Waals surface area (Å²) in [6, 6.07) is 0. The minimum atomic E-state index is -0.798. The molecule has 92 valence electrons. The molecular weight excluding hydrogens is 204 g/mol. The van der Waals surface area contributed by atoms with Crippen LogP contribution in [0.2, 0.25) is 0 Å². The molecule has 0 saturated carbocycles. The van der Waals surface area contributed by atoms with Crippen LogP contribution in [0.5, 0.6) is 0 Å². The van der Waals surface area contributed by atoms with Gasteiger partial charge in [-0.15, -0.1) is 0 Å². The molecule has 1 atom stereocenters. The lowest BCUT2D eigenvalue weighted by Crippen LogP contribution is -2.42. The number of hydrogen-bond donors (Lipinski definition) is 3. The zero-order chi connectivity index (χ0) is 12.2. The largest absolute Gasteiger partial charge is 0.388 e. The molecular formula is C12H22N2O2. The Bertz CT molecular complexity index is 289. The summed E-state index contributed by atoms with van der Waals surface area (Å²) in [5.74, 6) is -0.0621. The maximum absolute atomic E-state index is 11.7. The van der Waals surface area contributed by atoms with Crippen molar-refractivity contribution >= 4 is 5.91 Å². The van der Waals surface area contributed by atoms with Crippen molar-refractivity contribution in [3.8, 4) is 0 Å². The molecule has 16 heavy (non-hydrogen) atoms. The fraction of sp³-hybridized carbons (Fsp3) is 0.750. The van der Waals surface area contributed by atoms with Crippen LogP contribution in [-0.4, -0.2) is 36.2 Å². The lowest BCUT2D eigenvalue weighted by molar-refractivity contribution is -0.118. The minimum absolute atomic E-state index is 0.0621. The Balaban J connectivity index is 2.40. The van der Waals surface area contributed by atoms with E-state index in [1.807, 2.05) is 13.8 Å². The van der Waals surface area contributed by atoms with Gasteiger partial charge in [-0.25, -0.2) is 0 Å². The Morgan fingerprint density at radius 1 is 1.56 bits per heavy atom. The number of aliphatic hydroxyl groups is 1. The normalized spacial score (nSPS) is 18.6. The molecule has 1 saturated heterocycles.